The number of nitrogens with zero attached hydrogens (tertiary/aromatic N) is 3. The van der Waals surface area contributed by atoms with E-state index in [1.165, 1.54) is 35.2 Å². The molecule has 29 heavy (non-hydrogen) atoms. The van der Waals surface area contributed by atoms with E-state index in [0.29, 0.717) is 5.69 Å². The zero-order valence-electron chi connectivity index (χ0n) is 15.3. The molecule has 1 aromatic heterocycles. The van der Waals surface area contributed by atoms with Crippen LogP contribution in [0, 0.1) is 5.82 Å². The van der Waals surface area contributed by atoms with Gasteiger partial charge in [-0.1, -0.05) is 48.5 Å². The largest absolute Gasteiger partial charge is 0.325 e. The minimum Gasteiger partial charge on any atom is -0.325 e. The topological polar surface area (TPSA) is 59.8 Å². The fraction of sp³-hybridized carbons (Fsp3) is 0.0455. The molecular formula is C22H17FN4OS. The van der Waals surface area contributed by atoms with Crippen molar-refractivity contribution in [3.8, 4) is 5.69 Å². The fourth-order valence-electron chi connectivity index (χ4n) is 2.85. The number of carbonyl (C=O) groups is 1. The molecule has 0 saturated carbocycles. The summed E-state index contributed by atoms with van der Waals surface area (Å²) >= 11 is 1.45. The molecule has 1 heterocycles. The van der Waals surface area contributed by atoms with Crippen LogP contribution in [0.1, 0.15) is 10.8 Å². The van der Waals surface area contributed by atoms with Crippen molar-refractivity contribution in [2.75, 3.05) is 5.32 Å². The zero-order chi connectivity index (χ0) is 20.1. The smallest absolute Gasteiger partial charge is 0.242 e. The SMILES string of the molecule is O=C(Nc1ccc(-n2cncn2)c(F)c1)C(Sc1ccccc1)c1ccccc1. The highest BCUT2D eigenvalue weighted by molar-refractivity contribution is 8.00. The summed E-state index contributed by atoms with van der Waals surface area (Å²) in [6.45, 7) is 0. The van der Waals surface area contributed by atoms with Gasteiger partial charge in [0.05, 0.1) is 0 Å². The summed E-state index contributed by atoms with van der Waals surface area (Å²) < 4.78 is 15.8. The molecule has 0 aliphatic carbocycles. The number of aromatic nitrogens is 3. The van der Waals surface area contributed by atoms with Gasteiger partial charge in [0.1, 0.15) is 23.6 Å². The molecule has 4 rings (SSSR count). The van der Waals surface area contributed by atoms with Crippen LogP contribution >= 0.6 is 11.8 Å². The van der Waals surface area contributed by atoms with Gasteiger partial charge in [-0.05, 0) is 35.9 Å². The second-order valence-electron chi connectivity index (χ2n) is 6.22. The van der Waals surface area contributed by atoms with Gasteiger partial charge >= 0.3 is 0 Å². The molecule has 0 saturated heterocycles. The normalized spacial score (nSPS) is 11.8. The lowest BCUT2D eigenvalue weighted by Gasteiger charge is -2.17. The van der Waals surface area contributed by atoms with Crippen LogP contribution in [0.2, 0.25) is 0 Å². The predicted octanol–water partition coefficient (Wildman–Crippen LogP) is 4.88. The summed E-state index contributed by atoms with van der Waals surface area (Å²) in [7, 11) is 0. The Bertz CT molecular complexity index is 1090. The highest BCUT2D eigenvalue weighted by Gasteiger charge is 2.22. The monoisotopic (exact) mass is 404 g/mol. The molecule has 1 atom stereocenters. The number of nitrogens with one attached hydrogen (secondary N) is 1. The van der Waals surface area contributed by atoms with Crippen LogP contribution < -0.4 is 5.32 Å². The summed E-state index contributed by atoms with van der Waals surface area (Å²) in [6, 6.07) is 23.7. The van der Waals surface area contributed by atoms with Gasteiger partial charge in [0.25, 0.3) is 0 Å². The third-order valence-corrected chi connectivity index (χ3v) is 5.48. The Labute approximate surface area is 171 Å². The lowest BCUT2D eigenvalue weighted by Crippen LogP contribution is -2.19. The highest BCUT2D eigenvalue weighted by Crippen LogP contribution is 2.36. The van der Waals surface area contributed by atoms with Crippen molar-refractivity contribution in [2.24, 2.45) is 0 Å². The van der Waals surface area contributed by atoms with Gasteiger partial charge in [0.15, 0.2) is 5.82 Å². The van der Waals surface area contributed by atoms with E-state index in [4.69, 9.17) is 0 Å². The fourth-order valence-corrected chi connectivity index (χ4v) is 3.89. The Kier molecular flexibility index (Phi) is 5.67. The minimum atomic E-state index is -0.500. The molecule has 5 nitrogen and oxygen atoms in total. The van der Waals surface area contributed by atoms with Crippen molar-refractivity contribution in [3.05, 3.63) is 103 Å². The van der Waals surface area contributed by atoms with Gasteiger partial charge in [-0.3, -0.25) is 4.79 Å². The number of halogens is 1. The first-order chi connectivity index (χ1) is 14.2. The lowest BCUT2D eigenvalue weighted by atomic mass is 10.1. The number of thioether (sulfide) groups is 1. The first-order valence-corrected chi connectivity index (χ1v) is 9.81. The summed E-state index contributed by atoms with van der Waals surface area (Å²) in [5, 5.41) is 6.28. The number of benzene rings is 3. The van der Waals surface area contributed by atoms with Crippen molar-refractivity contribution in [3.63, 3.8) is 0 Å². The molecule has 1 N–H and O–H groups in total. The second-order valence-corrected chi connectivity index (χ2v) is 7.40. The van der Waals surface area contributed by atoms with Crippen LogP contribution in [0.3, 0.4) is 0 Å². The Morgan fingerprint density at radius 1 is 1.00 bits per heavy atom. The summed E-state index contributed by atoms with van der Waals surface area (Å²) in [4.78, 5) is 17.9. The number of anilines is 1. The first kappa shape index (κ1) is 18.9. The molecule has 0 aliphatic heterocycles. The van der Waals surface area contributed by atoms with E-state index in [1.807, 2.05) is 60.7 Å². The van der Waals surface area contributed by atoms with Crippen molar-refractivity contribution >= 4 is 23.4 Å². The molecule has 144 valence electrons. The lowest BCUT2D eigenvalue weighted by molar-refractivity contribution is -0.115. The zero-order valence-corrected chi connectivity index (χ0v) is 16.1. The number of carbonyl (C=O) groups excluding carboxylic acids is 1. The van der Waals surface area contributed by atoms with Gasteiger partial charge in [-0.25, -0.2) is 14.1 Å². The third-order valence-electron chi connectivity index (χ3n) is 4.22. The van der Waals surface area contributed by atoms with E-state index < -0.39 is 11.1 Å². The molecule has 0 radical (unpaired) electrons. The van der Waals surface area contributed by atoms with Crippen molar-refractivity contribution in [1.29, 1.82) is 0 Å². The van der Waals surface area contributed by atoms with E-state index in [0.717, 1.165) is 10.5 Å². The van der Waals surface area contributed by atoms with E-state index in [-0.39, 0.29) is 11.6 Å². The Morgan fingerprint density at radius 3 is 2.38 bits per heavy atom. The second kappa shape index (κ2) is 8.70. The summed E-state index contributed by atoms with van der Waals surface area (Å²) in [6.07, 6.45) is 2.75. The molecule has 1 amide bonds. The molecular weight excluding hydrogens is 387 g/mol. The molecule has 0 fully saturated rings. The van der Waals surface area contributed by atoms with Gasteiger partial charge < -0.3 is 5.32 Å². The van der Waals surface area contributed by atoms with Crippen molar-refractivity contribution in [1.82, 2.24) is 14.8 Å². The quantitative estimate of drug-likeness (QED) is 0.466. The van der Waals surface area contributed by atoms with Crippen LogP contribution in [0.5, 0.6) is 0 Å². The van der Waals surface area contributed by atoms with Crippen molar-refractivity contribution < 1.29 is 9.18 Å². The van der Waals surface area contributed by atoms with Crippen molar-refractivity contribution in [2.45, 2.75) is 10.1 Å². The average Bonchev–Trinajstić information content (AvgIpc) is 3.28. The molecule has 3 aromatic carbocycles. The maximum Gasteiger partial charge on any atom is 0.242 e. The molecule has 1 unspecified atom stereocenters. The first-order valence-electron chi connectivity index (χ1n) is 8.93. The molecule has 0 spiro atoms. The molecule has 7 heteroatoms. The molecule has 0 aliphatic rings. The van der Waals surface area contributed by atoms with E-state index >= 15 is 0 Å². The minimum absolute atomic E-state index is 0.224. The van der Waals surface area contributed by atoms with Gasteiger partial charge in [-0.15, -0.1) is 11.8 Å². The van der Waals surface area contributed by atoms with Gasteiger partial charge in [0, 0.05) is 10.6 Å². The summed E-state index contributed by atoms with van der Waals surface area (Å²) in [5.74, 6) is -0.724. The Morgan fingerprint density at radius 2 is 1.72 bits per heavy atom. The van der Waals surface area contributed by atoms with Crippen LogP contribution in [0.15, 0.2) is 96.4 Å². The van der Waals surface area contributed by atoms with E-state index in [1.54, 1.807) is 12.1 Å². The molecule has 0 bridgehead atoms. The maximum absolute atomic E-state index is 14.5. The highest BCUT2D eigenvalue weighted by atomic mass is 32.2. The maximum atomic E-state index is 14.5. The average molecular weight is 404 g/mol. The number of amides is 1. The molecule has 4 aromatic rings. The van der Waals surface area contributed by atoms with Crippen LogP contribution in [0.4, 0.5) is 10.1 Å². The predicted molar refractivity (Wildman–Crippen MR) is 111 cm³/mol. The van der Waals surface area contributed by atoms with Gasteiger partial charge in [0.2, 0.25) is 5.91 Å². The number of hydrogen-bond acceptors (Lipinski definition) is 4. The van der Waals surface area contributed by atoms with E-state index in [9.17, 15) is 9.18 Å². The van der Waals surface area contributed by atoms with Crippen LogP contribution in [-0.2, 0) is 4.79 Å². The number of hydrogen-bond donors (Lipinski definition) is 1. The standard InChI is InChI=1S/C22H17FN4OS/c23-19-13-17(11-12-20(19)27-15-24-14-25-27)26-22(28)21(16-7-3-1-4-8-16)29-18-9-5-2-6-10-18/h1-15,21H,(H,26,28). The third kappa shape index (κ3) is 4.52. The Balaban J connectivity index is 1.57. The van der Waals surface area contributed by atoms with Crippen LogP contribution in [-0.4, -0.2) is 20.7 Å². The van der Waals surface area contributed by atoms with E-state index in [2.05, 4.69) is 15.4 Å². The summed E-state index contributed by atoms with van der Waals surface area (Å²) in [5.41, 5.74) is 1.52. The van der Waals surface area contributed by atoms with Crippen LogP contribution in [0.25, 0.3) is 5.69 Å². The Hall–Kier alpha value is -3.45. The number of rotatable bonds is 6. The van der Waals surface area contributed by atoms with Gasteiger partial charge in [-0.2, -0.15) is 5.10 Å².